The van der Waals surface area contributed by atoms with Gasteiger partial charge in [-0.3, -0.25) is 4.98 Å². The maximum atomic E-state index is 11.2. The maximum absolute atomic E-state index is 11.2. The third-order valence-electron chi connectivity index (χ3n) is 3.35. The molecular weight excluding hydrogens is 344 g/mol. The Labute approximate surface area is 146 Å². The molecule has 3 rings (SSSR count). The van der Waals surface area contributed by atoms with Gasteiger partial charge in [-0.15, -0.1) is 0 Å². The van der Waals surface area contributed by atoms with Crippen molar-refractivity contribution in [3.63, 3.8) is 0 Å². The number of aliphatic hydroxyl groups excluding tert-OH is 1. The van der Waals surface area contributed by atoms with E-state index in [2.05, 4.69) is 15.3 Å². The van der Waals surface area contributed by atoms with Crippen LogP contribution in [-0.2, 0) is 17.6 Å². The number of anilines is 2. The van der Waals surface area contributed by atoms with E-state index in [1.807, 2.05) is 19.1 Å². The van der Waals surface area contributed by atoms with Gasteiger partial charge in [0, 0.05) is 23.1 Å². The molecule has 0 aliphatic rings. The smallest absolute Gasteiger partial charge is 0.188 e. The second-order valence-corrected chi connectivity index (χ2v) is 7.23. The summed E-state index contributed by atoms with van der Waals surface area (Å²) in [4.78, 5) is 10.1. The topological polar surface area (TPSA) is 101 Å². The summed E-state index contributed by atoms with van der Waals surface area (Å²) in [6.45, 7) is 1.83. The molecule has 1 aromatic carbocycles. The molecule has 1 unspecified atom stereocenters. The second-order valence-electron chi connectivity index (χ2n) is 5.08. The van der Waals surface area contributed by atoms with E-state index in [0.29, 0.717) is 10.0 Å². The highest BCUT2D eigenvalue weighted by molar-refractivity contribution is 7.82. The number of rotatable bonds is 5. The lowest BCUT2D eigenvalue weighted by molar-refractivity contribution is 0.286. The number of aryl methyl sites for hydroxylation is 1. The van der Waals surface area contributed by atoms with Crippen molar-refractivity contribution in [2.45, 2.75) is 18.4 Å². The number of nitrogens with one attached hydrogen (secondary N) is 1. The molecule has 1 atom stereocenters. The number of hydrogen-bond acceptors (Lipinski definition) is 6. The lowest BCUT2D eigenvalue weighted by Gasteiger charge is -2.03. The molecule has 0 saturated heterocycles. The van der Waals surface area contributed by atoms with Gasteiger partial charge >= 0.3 is 0 Å². The van der Waals surface area contributed by atoms with Crippen molar-refractivity contribution in [3.8, 4) is 11.3 Å². The van der Waals surface area contributed by atoms with Gasteiger partial charge < -0.3 is 10.4 Å². The Hall–Kier alpha value is -2.13. The molecule has 0 aliphatic carbocycles. The predicted octanol–water partition coefficient (Wildman–Crippen LogP) is 2.73. The van der Waals surface area contributed by atoms with Gasteiger partial charge in [-0.25, -0.2) is 14.3 Å². The lowest BCUT2D eigenvalue weighted by atomic mass is 10.1. The fraction of sp³-hybridized carbons (Fsp3) is 0.125. The van der Waals surface area contributed by atoms with E-state index in [1.165, 1.54) is 11.3 Å². The van der Waals surface area contributed by atoms with Crippen molar-refractivity contribution in [3.05, 3.63) is 53.2 Å². The van der Waals surface area contributed by atoms with Crippen LogP contribution in [0.3, 0.4) is 0 Å². The molecule has 2 aromatic heterocycles. The summed E-state index contributed by atoms with van der Waals surface area (Å²) in [6.07, 6.45) is 1.73. The Morgan fingerprint density at radius 3 is 2.67 bits per heavy atom. The van der Waals surface area contributed by atoms with Crippen LogP contribution < -0.4 is 10.5 Å². The van der Waals surface area contributed by atoms with Crippen LogP contribution in [-0.4, -0.2) is 19.3 Å². The van der Waals surface area contributed by atoms with E-state index < -0.39 is 11.0 Å². The van der Waals surface area contributed by atoms with E-state index in [-0.39, 0.29) is 6.61 Å². The molecule has 0 amide bonds. The third-order valence-corrected chi connectivity index (χ3v) is 5.04. The number of nitrogens with two attached hydrogens (primary N) is 1. The average molecular weight is 360 g/mol. The molecule has 6 nitrogen and oxygen atoms in total. The number of thiazole rings is 1. The number of hydrogen-bond donors (Lipinski definition) is 3. The quantitative estimate of drug-likeness (QED) is 0.649. The molecule has 24 heavy (non-hydrogen) atoms. The van der Waals surface area contributed by atoms with E-state index in [0.717, 1.165) is 27.5 Å². The molecule has 0 aliphatic heterocycles. The SMILES string of the molecule is Cc1cc(-c2nc(Nc3ccc(S(N)=O)cc3)sc2CO)ccn1. The molecule has 124 valence electrons. The second kappa shape index (κ2) is 7.18. The first-order valence-electron chi connectivity index (χ1n) is 7.13. The van der Waals surface area contributed by atoms with E-state index in [9.17, 15) is 9.32 Å². The van der Waals surface area contributed by atoms with Crippen LogP contribution in [0.15, 0.2) is 47.5 Å². The van der Waals surface area contributed by atoms with Crippen molar-refractivity contribution in [1.82, 2.24) is 9.97 Å². The zero-order valence-electron chi connectivity index (χ0n) is 12.9. The molecule has 3 aromatic rings. The third kappa shape index (κ3) is 3.68. The molecule has 4 N–H and O–H groups in total. The number of aromatic nitrogens is 2. The summed E-state index contributed by atoms with van der Waals surface area (Å²) in [5.74, 6) is 0. The normalized spacial score (nSPS) is 12.1. The number of pyridine rings is 1. The van der Waals surface area contributed by atoms with Crippen LogP contribution in [0.5, 0.6) is 0 Å². The Morgan fingerprint density at radius 1 is 1.29 bits per heavy atom. The summed E-state index contributed by atoms with van der Waals surface area (Å²) in [5.41, 5.74) is 3.36. The summed E-state index contributed by atoms with van der Waals surface area (Å²) in [6, 6.07) is 10.8. The Morgan fingerprint density at radius 2 is 2.04 bits per heavy atom. The van der Waals surface area contributed by atoms with Crippen molar-refractivity contribution >= 4 is 33.1 Å². The first-order chi connectivity index (χ1) is 11.6. The highest BCUT2D eigenvalue weighted by Crippen LogP contribution is 2.32. The summed E-state index contributed by atoms with van der Waals surface area (Å²) in [7, 11) is -1.49. The lowest BCUT2D eigenvalue weighted by Crippen LogP contribution is -2.02. The molecule has 0 bridgehead atoms. The molecule has 0 spiro atoms. The van der Waals surface area contributed by atoms with Crippen LogP contribution in [0.1, 0.15) is 10.6 Å². The van der Waals surface area contributed by atoms with Gasteiger partial charge in [-0.1, -0.05) is 11.3 Å². The fourth-order valence-electron chi connectivity index (χ4n) is 2.23. The minimum atomic E-state index is -1.49. The van der Waals surface area contributed by atoms with Gasteiger partial charge in [0.1, 0.15) is 11.0 Å². The van der Waals surface area contributed by atoms with Gasteiger partial charge in [-0.05, 0) is 43.3 Å². The fourth-order valence-corrected chi connectivity index (χ4v) is 3.49. The molecule has 0 fully saturated rings. The highest BCUT2D eigenvalue weighted by atomic mass is 32.2. The standard InChI is InChI=1S/C16H16N4O2S2/c1-10-8-11(6-7-18-10)15-14(9-21)23-16(20-15)19-12-2-4-13(5-3-12)24(17)22/h2-8,21H,9,17H2,1H3,(H,19,20). The summed E-state index contributed by atoms with van der Waals surface area (Å²) >= 11 is 1.39. The minimum Gasteiger partial charge on any atom is -0.391 e. The number of aliphatic hydroxyl groups is 1. The highest BCUT2D eigenvalue weighted by Gasteiger charge is 2.13. The monoisotopic (exact) mass is 360 g/mol. The molecule has 0 saturated carbocycles. The minimum absolute atomic E-state index is 0.0822. The molecule has 0 radical (unpaired) electrons. The van der Waals surface area contributed by atoms with E-state index in [1.54, 1.807) is 30.5 Å². The first kappa shape index (κ1) is 16.7. The van der Waals surface area contributed by atoms with Gasteiger partial charge in [0.2, 0.25) is 0 Å². The van der Waals surface area contributed by atoms with E-state index >= 15 is 0 Å². The van der Waals surface area contributed by atoms with Gasteiger partial charge in [0.25, 0.3) is 0 Å². The van der Waals surface area contributed by atoms with Crippen LogP contribution in [0.25, 0.3) is 11.3 Å². The molecular formula is C16H16N4O2S2. The Balaban J connectivity index is 1.88. The van der Waals surface area contributed by atoms with E-state index in [4.69, 9.17) is 5.14 Å². The largest absolute Gasteiger partial charge is 0.391 e. The van der Waals surface area contributed by atoms with Gasteiger partial charge in [-0.2, -0.15) is 0 Å². The van der Waals surface area contributed by atoms with Crippen LogP contribution in [0.4, 0.5) is 10.8 Å². The zero-order chi connectivity index (χ0) is 17.1. The van der Waals surface area contributed by atoms with Crippen molar-refractivity contribution < 1.29 is 9.32 Å². The van der Waals surface area contributed by atoms with Crippen molar-refractivity contribution in [1.29, 1.82) is 0 Å². The van der Waals surface area contributed by atoms with Crippen LogP contribution in [0.2, 0.25) is 0 Å². The first-order valence-corrected chi connectivity index (χ1v) is 9.16. The maximum Gasteiger partial charge on any atom is 0.188 e. The van der Waals surface area contributed by atoms with Gasteiger partial charge in [0.15, 0.2) is 5.13 Å². The molecule has 8 heteroatoms. The van der Waals surface area contributed by atoms with Crippen molar-refractivity contribution in [2.24, 2.45) is 5.14 Å². The number of benzene rings is 1. The number of nitrogens with zero attached hydrogens (tertiary/aromatic N) is 2. The summed E-state index contributed by atoms with van der Waals surface area (Å²) < 4.78 is 11.2. The van der Waals surface area contributed by atoms with Gasteiger partial charge in [0.05, 0.1) is 22.1 Å². The predicted molar refractivity (Wildman–Crippen MR) is 96.3 cm³/mol. The average Bonchev–Trinajstić information content (AvgIpc) is 2.98. The molecule has 2 heterocycles. The Bertz CT molecular complexity index is 878. The van der Waals surface area contributed by atoms with Crippen LogP contribution >= 0.6 is 11.3 Å². The van der Waals surface area contributed by atoms with Crippen molar-refractivity contribution in [2.75, 3.05) is 5.32 Å². The summed E-state index contributed by atoms with van der Waals surface area (Å²) in [5, 5.41) is 18.8. The Kier molecular flexibility index (Phi) is 5.00. The zero-order valence-corrected chi connectivity index (χ0v) is 14.5. The van der Waals surface area contributed by atoms with Crippen LogP contribution in [0, 0.1) is 6.92 Å².